The van der Waals surface area contributed by atoms with Gasteiger partial charge in [-0.25, -0.2) is 4.79 Å². The fourth-order valence-electron chi connectivity index (χ4n) is 11.1. The second-order valence-corrected chi connectivity index (χ2v) is 15.4. The number of rotatable bonds is 3. The van der Waals surface area contributed by atoms with Crippen LogP contribution < -0.4 is 0 Å². The zero-order chi connectivity index (χ0) is 32.2. The van der Waals surface area contributed by atoms with E-state index >= 15 is 0 Å². The van der Waals surface area contributed by atoms with Crippen molar-refractivity contribution < 1.29 is 29.4 Å². The van der Waals surface area contributed by atoms with Gasteiger partial charge in [0.15, 0.2) is 0 Å². The molecule has 6 unspecified atom stereocenters. The zero-order valence-corrected chi connectivity index (χ0v) is 27.6. The summed E-state index contributed by atoms with van der Waals surface area (Å²) in [7, 11) is 1.35. The van der Waals surface area contributed by atoms with E-state index in [1.54, 1.807) is 0 Å². The number of Topliss-reactive ketones (excluding diaryl/α,β-unsaturated/α-hetero) is 1. The summed E-state index contributed by atoms with van der Waals surface area (Å²) in [5.74, 6) is 4.63. The Balaban J connectivity index is 0.000000152. The maximum absolute atomic E-state index is 12.3. The summed E-state index contributed by atoms with van der Waals surface area (Å²) in [6, 6.07) is 11.8. The van der Waals surface area contributed by atoms with Crippen molar-refractivity contribution in [3.05, 3.63) is 58.7 Å². The molecule has 4 fully saturated rings. The SMILES string of the molecule is COC(=O)CO/N=C1\CCC2C3CCc4cc(O)ccc4C3CC[C@]12C.C[C@]12CCC3c4ccc(O)cc4CCC3C1CCC2=O. The Kier molecular flexibility index (Phi) is 8.17. The van der Waals surface area contributed by atoms with Crippen molar-refractivity contribution in [1.29, 1.82) is 0 Å². The van der Waals surface area contributed by atoms with Crippen molar-refractivity contribution in [2.75, 3.05) is 13.7 Å². The molecule has 8 rings (SSSR count). The van der Waals surface area contributed by atoms with Crippen LogP contribution in [0.4, 0.5) is 0 Å². The lowest BCUT2D eigenvalue weighted by Gasteiger charge is -2.49. The molecule has 6 aliphatic rings. The van der Waals surface area contributed by atoms with Gasteiger partial charge < -0.3 is 19.8 Å². The van der Waals surface area contributed by atoms with E-state index in [2.05, 4.69) is 35.9 Å². The molecular formula is C39H49NO6. The largest absolute Gasteiger partial charge is 0.508 e. The Bertz CT molecular complexity index is 1550. The van der Waals surface area contributed by atoms with Crippen molar-refractivity contribution in [2.45, 2.75) is 103 Å². The topological polar surface area (TPSA) is 105 Å². The highest BCUT2D eigenvalue weighted by atomic mass is 16.6. The molecule has 6 aliphatic carbocycles. The summed E-state index contributed by atoms with van der Waals surface area (Å²) in [4.78, 5) is 28.8. The summed E-state index contributed by atoms with van der Waals surface area (Å²) in [5.41, 5.74) is 6.69. The van der Waals surface area contributed by atoms with Gasteiger partial charge in [-0.2, -0.15) is 0 Å². The van der Waals surface area contributed by atoms with E-state index in [4.69, 9.17) is 4.84 Å². The Morgan fingerprint density at radius 3 is 1.91 bits per heavy atom. The van der Waals surface area contributed by atoms with Crippen molar-refractivity contribution in [3.8, 4) is 11.5 Å². The van der Waals surface area contributed by atoms with Crippen LogP contribution >= 0.6 is 0 Å². The summed E-state index contributed by atoms with van der Waals surface area (Å²) in [6.45, 7) is 4.42. The van der Waals surface area contributed by atoms with Crippen LogP contribution in [-0.4, -0.2) is 41.4 Å². The van der Waals surface area contributed by atoms with Gasteiger partial charge in [0.1, 0.15) is 17.3 Å². The molecule has 46 heavy (non-hydrogen) atoms. The van der Waals surface area contributed by atoms with Crippen LogP contribution in [0, 0.1) is 34.5 Å². The third-order valence-electron chi connectivity index (χ3n) is 13.5. The van der Waals surface area contributed by atoms with Gasteiger partial charge in [0.05, 0.1) is 12.8 Å². The molecule has 2 N–H and O–H groups in total. The highest BCUT2D eigenvalue weighted by Gasteiger charge is 2.55. The summed E-state index contributed by atoms with van der Waals surface area (Å²) < 4.78 is 4.61. The normalized spacial score (nSPS) is 36.2. The maximum atomic E-state index is 12.3. The number of oxime groups is 1. The number of ketones is 1. The quantitative estimate of drug-likeness (QED) is 0.268. The number of benzene rings is 2. The summed E-state index contributed by atoms with van der Waals surface area (Å²) >= 11 is 0. The van der Waals surface area contributed by atoms with Gasteiger partial charge in [0, 0.05) is 17.3 Å². The molecule has 8 atom stereocenters. The first-order valence-electron chi connectivity index (χ1n) is 17.6. The number of hydrogen-bond donors (Lipinski definition) is 2. The van der Waals surface area contributed by atoms with Crippen LogP contribution in [0.1, 0.15) is 112 Å². The highest BCUT2D eigenvalue weighted by Crippen LogP contribution is 2.61. The molecule has 7 nitrogen and oxygen atoms in total. The molecular weight excluding hydrogens is 578 g/mol. The Morgan fingerprint density at radius 1 is 0.783 bits per heavy atom. The number of hydrogen-bond acceptors (Lipinski definition) is 7. The molecule has 0 saturated heterocycles. The second-order valence-electron chi connectivity index (χ2n) is 15.4. The number of carbonyl (C=O) groups excluding carboxylic acids is 2. The molecule has 0 spiro atoms. The van der Waals surface area contributed by atoms with Crippen LogP contribution in [0.25, 0.3) is 0 Å². The zero-order valence-electron chi connectivity index (χ0n) is 27.6. The molecule has 0 amide bonds. The number of nitrogens with zero attached hydrogens (tertiary/aromatic N) is 1. The average molecular weight is 628 g/mol. The lowest BCUT2D eigenvalue weighted by atomic mass is 9.55. The lowest BCUT2D eigenvalue weighted by Crippen LogP contribution is -2.42. The number of phenols is 2. The molecule has 2 aromatic carbocycles. The smallest absolute Gasteiger partial charge is 0.346 e. The molecule has 0 aromatic heterocycles. The van der Waals surface area contributed by atoms with Crippen LogP contribution in [-0.2, 0) is 32.0 Å². The van der Waals surface area contributed by atoms with Crippen LogP contribution in [0.5, 0.6) is 11.5 Å². The van der Waals surface area contributed by atoms with Gasteiger partial charge in [-0.1, -0.05) is 31.1 Å². The monoisotopic (exact) mass is 627 g/mol. The minimum absolute atomic E-state index is 0.0322. The van der Waals surface area contributed by atoms with Gasteiger partial charge in [-0.05, 0) is 153 Å². The first kappa shape index (κ1) is 31.3. The van der Waals surface area contributed by atoms with Crippen molar-refractivity contribution in [2.24, 2.45) is 39.7 Å². The highest BCUT2D eigenvalue weighted by molar-refractivity contribution is 5.92. The third-order valence-corrected chi connectivity index (χ3v) is 13.5. The van der Waals surface area contributed by atoms with E-state index in [9.17, 15) is 19.8 Å². The molecule has 0 aliphatic heterocycles. The maximum Gasteiger partial charge on any atom is 0.346 e. The fourth-order valence-corrected chi connectivity index (χ4v) is 11.1. The van der Waals surface area contributed by atoms with Gasteiger partial charge in [0.25, 0.3) is 0 Å². The van der Waals surface area contributed by atoms with Crippen molar-refractivity contribution in [1.82, 2.24) is 0 Å². The van der Waals surface area contributed by atoms with Gasteiger partial charge >= 0.3 is 5.97 Å². The minimum Gasteiger partial charge on any atom is -0.508 e. The van der Waals surface area contributed by atoms with Crippen LogP contribution in [0.3, 0.4) is 0 Å². The standard InChI is InChI=1S/C21H27NO4.C18H22O2/c1-21-10-9-16-15-6-4-14(23)11-13(15)3-5-17(16)18(21)7-8-19(21)22-26-12-20(24)25-2;1-18-9-8-14-13-5-3-12(19)10-11(13)2-4-15(14)16(18)6-7-17(18)20/h4,6,11,16-18,23H,3,5,7-10,12H2,1-2H3;3,5,10,14-16,19H,2,4,6-9H2,1H3/b22-19+;/t16?,17?,18?,21-;14?,15?,16?,18-/m00/s1. The van der Waals surface area contributed by atoms with Crippen molar-refractivity contribution in [3.63, 3.8) is 0 Å². The molecule has 0 bridgehead atoms. The van der Waals surface area contributed by atoms with Crippen LogP contribution in [0.15, 0.2) is 41.6 Å². The predicted molar refractivity (Wildman–Crippen MR) is 176 cm³/mol. The second kappa shape index (κ2) is 12.0. The number of esters is 1. The van der Waals surface area contributed by atoms with E-state index in [1.165, 1.54) is 42.2 Å². The van der Waals surface area contributed by atoms with E-state index in [0.717, 1.165) is 69.9 Å². The molecule has 0 heterocycles. The number of aromatic hydroxyl groups is 2. The van der Waals surface area contributed by atoms with Gasteiger partial charge in [-0.3, -0.25) is 4.79 Å². The average Bonchev–Trinajstić information content (AvgIpc) is 3.55. The number of methoxy groups -OCH3 is 1. The predicted octanol–water partition coefficient (Wildman–Crippen LogP) is 7.61. The van der Waals surface area contributed by atoms with E-state index in [-0.39, 0.29) is 17.4 Å². The number of ether oxygens (including phenoxy) is 1. The first-order chi connectivity index (χ1) is 22.1. The fraction of sp³-hybridized carbons (Fsp3) is 0.615. The molecule has 246 valence electrons. The minimum atomic E-state index is -0.398. The molecule has 7 heteroatoms. The molecule has 4 saturated carbocycles. The Morgan fingerprint density at radius 2 is 1.33 bits per heavy atom. The Labute approximate surface area is 272 Å². The summed E-state index contributed by atoms with van der Waals surface area (Å²) in [6.07, 6.45) is 12.9. The number of carbonyl (C=O) groups is 2. The first-order valence-corrected chi connectivity index (χ1v) is 17.6. The van der Waals surface area contributed by atoms with E-state index in [1.807, 2.05) is 24.3 Å². The molecule has 0 radical (unpaired) electrons. The summed E-state index contributed by atoms with van der Waals surface area (Å²) in [5, 5.41) is 23.8. The van der Waals surface area contributed by atoms with Gasteiger partial charge in [-0.15, -0.1) is 0 Å². The number of fused-ring (bicyclic) bond motifs is 10. The number of aryl methyl sites for hydroxylation is 2. The van der Waals surface area contributed by atoms with Crippen molar-refractivity contribution >= 4 is 17.5 Å². The Hall–Kier alpha value is -3.35. The van der Waals surface area contributed by atoms with E-state index in [0.29, 0.717) is 52.8 Å². The van der Waals surface area contributed by atoms with E-state index < -0.39 is 5.97 Å². The number of phenolic OH excluding ortho intramolecular Hbond substituents is 2. The van der Waals surface area contributed by atoms with Crippen LogP contribution in [0.2, 0.25) is 0 Å². The lowest BCUT2D eigenvalue weighted by molar-refractivity contribution is -0.145. The third kappa shape index (κ3) is 5.22. The molecule has 2 aromatic rings. The van der Waals surface area contributed by atoms with Gasteiger partial charge in [0.2, 0.25) is 6.61 Å².